The predicted molar refractivity (Wildman–Crippen MR) is 77.0 cm³/mol. The molecule has 1 aromatic rings. The van der Waals surface area contributed by atoms with Crippen molar-refractivity contribution < 1.29 is 0 Å². The molecule has 2 aliphatic carbocycles. The second-order valence-electron chi connectivity index (χ2n) is 5.55. The lowest BCUT2D eigenvalue weighted by Crippen LogP contribution is -2.32. The molecule has 98 valence electrons. The fourth-order valence-electron chi connectivity index (χ4n) is 2.60. The Morgan fingerprint density at radius 2 is 1.61 bits per heavy atom. The first-order valence-electron chi connectivity index (χ1n) is 6.62. The van der Waals surface area contributed by atoms with Crippen molar-refractivity contribution >= 4 is 28.9 Å². The first-order chi connectivity index (χ1) is 8.65. The van der Waals surface area contributed by atoms with E-state index in [-0.39, 0.29) is 0 Å². The van der Waals surface area contributed by atoms with Gasteiger partial charge in [-0.2, -0.15) is 0 Å². The van der Waals surface area contributed by atoms with E-state index in [1.165, 1.54) is 25.7 Å². The van der Waals surface area contributed by atoms with Crippen molar-refractivity contribution in [1.82, 2.24) is 5.32 Å². The van der Waals surface area contributed by atoms with E-state index in [4.69, 9.17) is 28.9 Å². The van der Waals surface area contributed by atoms with Gasteiger partial charge in [-0.05, 0) is 55.2 Å². The third-order valence-corrected chi connectivity index (χ3v) is 4.57. The Labute approximate surface area is 118 Å². The van der Waals surface area contributed by atoms with Crippen LogP contribution in [-0.4, -0.2) is 6.04 Å². The van der Waals surface area contributed by atoms with Crippen LogP contribution in [0.5, 0.6) is 0 Å². The van der Waals surface area contributed by atoms with E-state index >= 15 is 0 Å². The molecule has 0 heterocycles. The molecule has 2 aliphatic rings. The summed E-state index contributed by atoms with van der Waals surface area (Å²) in [5.74, 6) is 1.80. The van der Waals surface area contributed by atoms with E-state index < -0.39 is 0 Å². The number of nitrogens with one attached hydrogen (secondary N) is 1. The summed E-state index contributed by atoms with van der Waals surface area (Å²) < 4.78 is 0. The number of rotatable bonds is 5. The SMILES string of the molecule is Nc1c(Cl)cc(CNC(C2CC2)C2CC2)cc1Cl. The van der Waals surface area contributed by atoms with Gasteiger partial charge in [0.15, 0.2) is 0 Å². The summed E-state index contributed by atoms with van der Waals surface area (Å²) in [4.78, 5) is 0. The lowest BCUT2D eigenvalue weighted by Gasteiger charge is -2.18. The normalized spacial score (nSPS) is 19.5. The fraction of sp³-hybridized carbons (Fsp3) is 0.571. The molecular formula is C14H18Cl2N2. The Bertz CT molecular complexity index is 418. The summed E-state index contributed by atoms with van der Waals surface area (Å²) >= 11 is 12.1. The van der Waals surface area contributed by atoms with Gasteiger partial charge in [0.25, 0.3) is 0 Å². The van der Waals surface area contributed by atoms with E-state index in [1.807, 2.05) is 12.1 Å². The van der Waals surface area contributed by atoms with Crippen molar-refractivity contribution in [3.8, 4) is 0 Å². The van der Waals surface area contributed by atoms with Gasteiger partial charge in [0.1, 0.15) is 0 Å². The average Bonchev–Trinajstić information content (AvgIpc) is 3.18. The maximum atomic E-state index is 6.05. The number of hydrogen-bond donors (Lipinski definition) is 2. The maximum absolute atomic E-state index is 6.05. The van der Waals surface area contributed by atoms with Crippen molar-refractivity contribution in [2.75, 3.05) is 5.73 Å². The number of nitrogens with two attached hydrogens (primary N) is 1. The van der Waals surface area contributed by atoms with Crippen LogP contribution in [0.2, 0.25) is 10.0 Å². The van der Waals surface area contributed by atoms with Crippen molar-refractivity contribution in [2.45, 2.75) is 38.3 Å². The molecule has 0 amide bonds. The summed E-state index contributed by atoms with van der Waals surface area (Å²) in [6.45, 7) is 0.831. The zero-order valence-electron chi connectivity index (χ0n) is 10.3. The van der Waals surface area contributed by atoms with E-state index in [0.717, 1.165) is 23.9 Å². The number of hydrogen-bond acceptors (Lipinski definition) is 2. The summed E-state index contributed by atoms with van der Waals surface area (Å²) in [7, 11) is 0. The topological polar surface area (TPSA) is 38.0 Å². The maximum Gasteiger partial charge on any atom is 0.0693 e. The van der Waals surface area contributed by atoms with E-state index in [9.17, 15) is 0 Å². The average molecular weight is 285 g/mol. The van der Waals surface area contributed by atoms with Gasteiger partial charge in [-0.1, -0.05) is 23.2 Å². The lowest BCUT2D eigenvalue weighted by molar-refractivity contribution is 0.416. The van der Waals surface area contributed by atoms with E-state index in [1.54, 1.807) is 0 Å². The van der Waals surface area contributed by atoms with Gasteiger partial charge in [0.05, 0.1) is 15.7 Å². The van der Waals surface area contributed by atoms with Gasteiger partial charge in [0, 0.05) is 12.6 Å². The molecule has 2 nitrogen and oxygen atoms in total. The molecule has 2 fully saturated rings. The van der Waals surface area contributed by atoms with Gasteiger partial charge in [-0.3, -0.25) is 0 Å². The summed E-state index contributed by atoms with van der Waals surface area (Å²) in [5, 5.41) is 4.78. The van der Waals surface area contributed by atoms with Gasteiger partial charge in [-0.25, -0.2) is 0 Å². The van der Waals surface area contributed by atoms with Crippen molar-refractivity contribution in [3.05, 3.63) is 27.7 Å². The molecule has 4 heteroatoms. The molecule has 0 saturated heterocycles. The second kappa shape index (κ2) is 4.92. The van der Waals surface area contributed by atoms with Crippen LogP contribution < -0.4 is 11.1 Å². The van der Waals surface area contributed by atoms with E-state index in [2.05, 4.69) is 5.32 Å². The Kier molecular flexibility index (Phi) is 3.44. The zero-order chi connectivity index (χ0) is 12.7. The van der Waals surface area contributed by atoms with Gasteiger partial charge >= 0.3 is 0 Å². The number of anilines is 1. The summed E-state index contributed by atoms with van der Waals surface area (Å²) in [6.07, 6.45) is 5.55. The molecule has 3 N–H and O–H groups in total. The Balaban J connectivity index is 1.65. The molecule has 0 aliphatic heterocycles. The molecule has 0 aromatic heterocycles. The quantitative estimate of drug-likeness (QED) is 0.806. The van der Waals surface area contributed by atoms with Crippen molar-refractivity contribution in [3.63, 3.8) is 0 Å². The first-order valence-corrected chi connectivity index (χ1v) is 7.37. The number of benzene rings is 1. The summed E-state index contributed by atoms with van der Waals surface area (Å²) in [5.41, 5.74) is 7.33. The molecule has 0 bridgehead atoms. The highest BCUT2D eigenvalue weighted by atomic mass is 35.5. The minimum atomic E-state index is 0.475. The Morgan fingerprint density at radius 1 is 1.11 bits per heavy atom. The van der Waals surface area contributed by atoms with Crippen LogP contribution in [0.15, 0.2) is 12.1 Å². The highest BCUT2D eigenvalue weighted by molar-refractivity contribution is 6.38. The minimum Gasteiger partial charge on any atom is -0.396 e. The van der Waals surface area contributed by atoms with Crippen LogP contribution >= 0.6 is 23.2 Å². The molecule has 18 heavy (non-hydrogen) atoms. The largest absolute Gasteiger partial charge is 0.396 e. The molecule has 0 unspecified atom stereocenters. The molecule has 0 radical (unpaired) electrons. The summed E-state index contributed by atoms with van der Waals surface area (Å²) in [6, 6.07) is 4.51. The van der Waals surface area contributed by atoms with Crippen LogP contribution in [0, 0.1) is 11.8 Å². The van der Waals surface area contributed by atoms with Gasteiger partial charge in [-0.15, -0.1) is 0 Å². The van der Waals surface area contributed by atoms with Crippen LogP contribution in [0.1, 0.15) is 31.2 Å². The minimum absolute atomic E-state index is 0.475. The third kappa shape index (κ3) is 2.76. The zero-order valence-corrected chi connectivity index (χ0v) is 11.8. The predicted octanol–water partition coefficient (Wildman–Crippen LogP) is 3.85. The standard InChI is InChI=1S/C14H18Cl2N2/c15-11-5-8(6-12(16)13(11)17)7-18-14(9-1-2-9)10-3-4-10/h5-6,9-10,14,18H,1-4,7,17H2. The van der Waals surface area contributed by atoms with Crippen LogP contribution in [0.4, 0.5) is 5.69 Å². The fourth-order valence-corrected chi connectivity index (χ4v) is 3.14. The molecule has 0 spiro atoms. The Morgan fingerprint density at radius 3 is 2.06 bits per heavy atom. The third-order valence-electron chi connectivity index (χ3n) is 3.94. The van der Waals surface area contributed by atoms with Crippen molar-refractivity contribution in [2.24, 2.45) is 11.8 Å². The van der Waals surface area contributed by atoms with Gasteiger partial charge < -0.3 is 11.1 Å². The highest BCUT2D eigenvalue weighted by Gasteiger charge is 2.40. The van der Waals surface area contributed by atoms with Crippen LogP contribution in [0.3, 0.4) is 0 Å². The molecule has 3 rings (SSSR count). The van der Waals surface area contributed by atoms with Crippen LogP contribution in [0.25, 0.3) is 0 Å². The van der Waals surface area contributed by atoms with E-state index in [0.29, 0.717) is 21.8 Å². The first kappa shape index (κ1) is 12.6. The molecular weight excluding hydrogens is 267 g/mol. The molecule has 0 atom stereocenters. The number of halogens is 2. The second-order valence-corrected chi connectivity index (χ2v) is 6.37. The molecule has 2 saturated carbocycles. The number of nitrogen functional groups attached to an aromatic ring is 1. The van der Waals surface area contributed by atoms with Crippen molar-refractivity contribution in [1.29, 1.82) is 0 Å². The Hall–Kier alpha value is -0.440. The van der Waals surface area contributed by atoms with Gasteiger partial charge in [0.2, 0.25) is 0 Å². The smallest absolute Gasteiger partial charge is 0.0693 e. The lowest BCUT2D eigenvalue weighted by atomic mass is 10.1. The highest BCUT2D eigenvalue weighted by Crippen LogP contribution is 2.44. The van der Waals surface area contributed by atoms with Crippen LogP contribution in [-0.2, 0) is 6.54 Å². The monoisotopic (exact) mass is 284 g/mol. The molecule has 1 aromatic carbocycles.